The number of anilines is 2. The number of ether oxygens (including phenoxy) is 2. The number of rotatable bonds is 10. The number of carbonyl (C=O) groups excluding carboxylic acids is 2. The van der Waals surface area contributed by atoms with Crippen molar-refractivity contribution in [2.24, 2.45) is 17.6 Å². The molecular weight excluding hydrogens is 564 g/mol. The third kappa shape index (κ3) is 7.44. The largest absolute Gasteiger partial charge is 0.454 e. The molecule has 6 rings (SSSR count). The van der Waals surface area contributed by atoms with Gasteiger partial charge in [-0.1, -0.05) is 50.5 Å². The molecule has 1 saturated heterocycles. The zero-order valence-corrected chi connectivity index (χ0v) is 26.4. The molecule has 45 heavy (non-hydrogen) atoms. The van der Waals surface area contributed by atoms with Gasteiger partial charge < -0.3 is 30.3 Å². The molecule has 2 heterocycles. The summed E-state index contributed by atoms with van der Waals surface area (Å²) in [5.74, 6) is 2.13. The van der Waals surface area contributed by atoms with Crippen LogP contribution in [0, 0.1) is 11.8 Å². The van der Waals surface area contributed by atoms with Crippen molar-refractivity contribution in [3.8, 4) is 22.6 Å². The summed E-state index contributed by atoms with van der Waals surface area (Å²) < 4.78 is 10.9. The van der Waals surface area contributed by atoms with Crippen LogP contribution in [0.5, 0.6) is 11.5 Å². The van der Waals surface area contributed by atoms with Crippen molar-refractivity contribution in [3.05, 3.63) is 71.8 Å². The van der Waals surface area contributed by atoms with E-state index in [1.807, 2.05) is 11.0 Å². The molecule has 0 radical (unpaired) electrons. The molecule has 3 aromatic carbocycles. The fourth-order valence-electron chi connectivity index (χ4n) is 6.76. The number of hydrogen-bond donors (Lipinski definition) is 2. The van der Waals surface area contributed by atoms with Gasteiger partial charge in [-0.3, -0.25) is 9.59 Å². The normalized spacial score (nSPS) is 16.9. The standard InChI is InChI=1S/C37H46N4O4/c1-26-15-19-40(20-16-26)33-13-11-30(22-32(33)39-36(42)28-8-3-2-4-9-28)29-10-5-7-27(21-29)24-41(18-6-17-38)37(43)31-12-14-34-35(23-31)45-25-44-34/h5,7,10-14,21-23,26,28H,2-4,6,8-9,15-20,24-25,38H2,1H3,(H,39,42). The first-order chi connectivity index (χ1) is 22.0. The molecular formula is C37H46N4O4. The van der Waals surface area contributed by atoms with Crippen LogP contribution in [0.15, 0.2) is 60.7 Å². The molecule has 8 nitrogen and oxygen atoms in total. The molecule has 1 saturated carbocycles. The maximum atomic E-state index is 13.6. The third-order valence-electron chi connectivity index (χ3n) is 9.53. The average molecular weight is 611 g/mol. The van der Waals surface area contributed by atoms with Crippen molar-refractivity contribution >= 4 is 23.2 Å². The van der Waals surface area contributed by atoms with Crippen molar-refractivity contribution in [2.75, 3.05) is 43.2 Å². The van der Waals surface area contributed by atoms with E-state index in [1.54, 1.807) is 18.2 Å². The predicted molar refractivity (Wildman–Crippen MR) is 179 cm³/mol. The van der Waals surface area contributed by atoms with Crippen LogP contribution < -0.4 is 25.4 Å². The second-order valence-electron chi connectivity index (χ2n) is 12.9. The second kappa shape index (κ2) is 14.4. The van der Waals surface area contributed by atoms with Gasteiger partial charge in [-0.15, -0.1) is 0 Å². The molecule has 1 aliphatic carbocycles. The summed E-state index contributed by atoms with van der Waals surface area (Å²) in [6, 6.07) is 20.1. The Labute approximate surface area is 266 Å². The van der Waals surface area contributed by atoms with E-state index < -0.39 is 0 Å². The van der Waals surface area contributed by atoms with Crippen molar-refractivity contribution in [1.82, 2.24) is 4.90 Å². The number of fused-ring (bicyclic) bond motifs is 1. The highest BCUT2D eigenvalue weighted by atomic mass is 16.7. The van der Waals surface area contributed by atoms with Gasteiger partial charge >= 0.3 is 0 Å². The van der Waals surface area contributed by atoms with E-state index in [9.17, 15) is 9.59 Å². The van der Waals surface area contributed by atoms with Gasteiger partial charge in [0.2, 0.25) is 12.7 Å². The number of piperidine rings is 1. The van der Waals surface area contributed by atoms with Gasteiger partial charge in [0.15, 0.2) is 11.5 Å². The Morgan fingerprint density at radius 1 is 0.911 bits per heavy atom. The van der Waals surface area contributed by atoms with Gasteiger partial charge in [-0.25, -0.2) is 0 Å². The maximum Gasteiger partial charge on any atom is 0.254 e. The molecule has 0 bridgehead atoms. The van der Waals surface area contributed by atoms with E-state index >= 15 is 0 Å². The molecule has 0 aromatic heterocycles. The Bertz CT molecular complexity index is 1490. The number of nitrogens with two attached hydrogens (primary N) is 1. The van der Waals surface area contributed by atoms with Crippen LogP contribution in [0.2, 0.25) is 0 Å². The van der Waals surface area contributed by atoms with Gasteiger partial charge in [0.05, 0.1) is 11.4 Å². The van der Waals surface area contributed by atoms with Gasteiger partial charge in [0.25, 0.3) is 5.91 Å². The number of carbonyl (C=O) groups is 2. The SMILES string of the molecule is CC1CCN(c2ccc(-c3cccc(CN(CCCN)C(=O)c4ccc5c(c4)OCO5)c3)cc2NC(=O)C2CCCCC2)CC1. The molecule has 0 atom stereocenters. The van der Waals surface area contributed by atoms with Crippen molar-refractivity contribution in [1.29, 1.82) is 0 Å². The first-order valence-corrected chi connectivity index (χ1v) is 16.7. The van der Waals surface area contributed by atoms with Gasteiger partial charge in [0, 0.05) is 37.7 Å². The fraction of sp³-hybridized carbons (Fsp3) is 0.459. The van der Waals surface area contributed by atoms with Gasteiger partial charge in [-0.05, 0) is 97.7 Å². The summed E-state index contributed by atoms with van der Waals surface area (Å²) in [5.41, 5.74) is 11.5. The Kier molecular flexibility index (Phi) is 9.89. The van der Waals surface area contributed by atoms with Crippen LogP contribution in [0.1, 0.15) is 74.2 Å². The number of nitrogens with zero attached hydrogens (tertiary/aromatic N) is 2. The molecule has 0 spiro atoms. The van der Waals surface area contributed by atoms with E-state index in [0.717, 1.165) is 85.6 Å². The van der Waals surface area contributed by atoms with Crippen LogP contribution in [0.25, 0.3) is 11.1 Å². The minimum Gasteiger partial charge on any atom is -0.454 e. The van der Waals surface area contributed by atoms with Crippen LogP contribution >= 0.6 is 0 Å². The summed E-state index contributed by atoms with van der Waals surface area (Å²) in [7, 11) is 0. The molecule has 3 aliphatic rings. The van der Waals surface area contributed by atoms with Crippen LogP contribution in [0.4, 0.5) is 11.4 Å². The zero-order chi connectivity index (χ0) is 31.2. The predicted octanol–water partition coefficient (Wildman–Crippen LogP) is 6.83. The number of amides is 2. The monoisotopic (exact) mass is 610 g/mol. The summed E-state index contributed by atoms with van der Waals surface area (Å²) >= 11 is 0. The smallest absolute Gasteiger partial charge is 0.254 e. The fourth-order valence-corrected chi connectivity index (χ4v) is 6.76. The lowest BCUT2D eigenvalue weighted by atomic mass is 9.88. The van der Waals surface area contributed by atoms with Crippen LogP contribution in [0.3, 0.4) is 0 Å². The van der Waals surface area contributed by atoms with Crippen LogP contribution in [-0.4, -0.2) is 49.7 Å². The molecule has 8 heteroatoms. The van der Waals surface area contributed by atoms with Crippen molar-refractivity contribution in [2.45, 2.75) is 64.8 Å². The topological polar surface area (TPSA) is 97.1 Å². The molecule has 3 aromatic rings. The lowest BCUT2D eigenvalue weighted by Gasteiger charge is -2.34. The first-order valence-electron chi connectivity index (χ1n) is 16.7. The van der Waals surface area contributed by atoms with E-state index in [4.69, 9.17) is 15.2 Å². The summed E-state index contributed by atoms with van der Waals surface area (Å²) in [4.78, 5) is 31.3. The van der Waals surface area contributed by atoms with Crippen molar-refractivity contribution in [3.63, 3.8) is 0 Å². The minimum absolute atomic E-state index is 0.0694. The van der Waals surface area contributed by atoms with Crippen molar-refractivity contribution < 1.29 is 19.1 Å². The highest BCUT2D eigenvalue weighted by molar-refractivity contribution is 5.97. The number of benzene rings is 3. The highest BCUT2D eigenvalue weighted by Crippen LogP contribution is 2.36. The van der Waals surface area contributed by atoms with E-state index in [1.165, 1.54) is 6.42 Å². The zero-order valence-electron chi connectivity index (χ0n) is 26.4. The Balaban J connectivity index is 1.25. The van der Waals surface area contributed by atoms with Gasteiger partial charge in [-0.2, -0.15) is 0 Å². The Morgan fingerprint density at radius 2 is 1.69 bits per heavy atom. The number of hydrogen-bond acceptors (Lipinski definition) is 6. The molecule has 3 N–H and O–H groups in total. The highest BCUT2D eigenvalue weighted by Gasteiger charge is 2.25. The van der Waals surface area contributed by atoms with E-state index in [-0.39, 0.29) is 24.5 Å². The maximum absolute atomic E-state index is 13.6. The summed E-state index contributed by atoms with van der Waals surface area (Å²) in [5, 5.41) is 3.36. The lowest BCUT2D eigenvalue weighted by Crippen LogP contribution is -2.34. The second-order valence-corrected chi connectivity index (χ2v) is 12.9. The molecule has 238 valence electrons. The van der Waals surface area contributed by atoms with E-state index in [2.05, 4.69) is 53.5 Å². The lowest BCUT2D eigenvalue weighted by molar-refractivity contribution is -0.120. The van der Waals surface area contributed by atoms with E-state index in [0.29, 0.717) is 43.1 Å². The summed E-state index contributed by atoms with van der Waals surface area (Å²) in [6.45, 7) is 5.99. The quantitative estimate of drug-likeness (QED) is 0.261. The van der Waals surface area contributed by atoms with Crippen LogP contribution in [-0.2, 0) is 11.3 Å². The third-order valence-corrected chi connectivity index (χ3v) is 9.53. The summed E-state index contributed by atoms with van der Waals surface area (Å²) in [6.07, 6.45) is 8.43. The Morgan fingerprint density at radius 3 is 2.49 bits per heavy atom. The number of nitrogens with one attached hydrogen (secondary N) is 1. The van der Waals surface area contributed by atoms with Gasteiger partial charge in [0.1, 0.15) is 0 Å². The minimum atomic E-state index is -0.0694. The average Bonchev–Trinajstić information content (AvgIpc) is 3.55. The molecule has 2 amide bonds. The first kappa shape index (κ1) is 31.0. The molecule has 2 fully saturated rings. The molecule has 0 unspecified atom stereocenters. The molecule has 2 aliphatic heterocycles. The Hall–Kier alpha value is -4.04.